The molecule has 0 fully saturated rings. The topological polar surface area (TPSA) is 39.4 Å². The van der Waals surface area contributed by atoms with E-state index in [1.807, 2.05) is 78.9 Å². The zero-order valence-corrected chi connectivity index (χ0v) is 16.3. The summed E-state index contributed by atoms with van der Waals surface area (Å²) in [4.78, 5) is 12.1. The van der Waals surface area contributed by atoms with Gasteiger partial charge in [0.2, 0.25) is 0 Å². The lowest BCUT2D eigenvalue weighted by Crippen LogP contribution is -2.01. The molecule has 144 valence electrons. The van der Waals surface area contributed by atoms with Crippen molar-refractivity contribution in [1.82, 2.24) is 0 Å². The summed E-state index contributed by atoms with van der Waals surface area (Å²) in [5.41, 5.74) is 4.25. The largest absolute Gasteiger partial charge is 0.489 e. The predicted octanol–water partition coefficient (Wildman–Crippen LogP) is 6.11. The second-order valence-corrected chi connectivity index (χ2v) is 6.78. The minimum absolute atomic E-state index is 0.365. The van der Waals surface area contributed by atoms with Gasteiger partial charge in [0.15, 0.2) is 0 Å². The Morgan fingerprint density at radius 2 is 1.66 bits per heavy atom. The van der Waals surface area contributed by atoms with Gasteiger partial charge in [-0.1, -0.05) is 73.7 Å². The quantitative estimate of drug-likeness (QED) is 0.377. The van der Waals surface area contributed by atoms with Crippen LogP contribution in [0.3, 0.4) is 0 Å². The Morgan fingerprint density at radius 1 is 0.931 bits per heavy atom. The highest BCUT2D eigenvalue weighted by molar-refractivity contribution is 5.94. The first-order valence-corrected chi connectivity index (χ1v) is 9.75. The van der Waals surface area contributed by atoms with Crippen LogP contribution in [-0.2, 0) is 6.42 Å². The second-order valence-electron chi connectivity index (χ2n) is 6.78. The fourth-order valence-corrected chi connectivity index (χ4v) is 3.39. The Morgan fingerprint density at radius 3 is 2.38 bits per heavy atom. The van der Waals surface area contributed by atoms with Crippen molar-refractivity contribution in [2.24, 2.45) is 0 Å². The summed E-state index contributed by atoms with van der Waals surface area (Å²) >= 11 is 0. The SMILES string of the molecule is CCc1cc2c(-c3ccccc3)cc(=O)oc2cc1OCC=Cc1ccccc1. The van der Waals surface area contributed by atoms with Crippen LogP contribution in [0, 0.1) is 0 Å². The van der Waals surface area contributed by atoms with Gasteiger partial charge >= 0.3 is 5.63 Å². The molecule has 0 aliphatic carbocycles. The maximum Gasteiger partial charge on any atom is 0.336 e. The number of fused-ring (bicyclic) bond motifs is 1. The van der Waals surface area contributed by atoms with E-state index in [1.165, 1.54) is 0 Å². The molecule has 1 heterocycles. The highest BCUT2D eigenvalue weighted by Crippen LogP contribution is 2.32. The van der Waals surface area contributed by atoms with Crippen molar-refractivity contribution in [3.63, 3.8) is 0 Å². The number of ether oxygens (including phenoxy) is 1. The first-order chi connectivity index (χ1) is 14.2. The monoisotopic (exact) mass is 382 g/mol. The van der Waals surface area contributed by atoms with Crippen LogP contribution in [0.2, 0.25) is 0 Å². The molecule has 0 bridgehead atoms. The first-order valence-electron chi connectivity index (χ1n) is 9.75. The molecule has 0 saturated heterocycles. The maximum atomic E-state index is 12.1. The van der Waals surface area contributed by atoms with E-state index in [9.17, 15) is 4.79 Å². The van der Waals surface area contributed by atoms with E-state index in [-0.39, 0.29) is 5.63 Å². The van der Waals surface area contributed by atoms with Crippen molar-refractivity contribution in [1.29, 1.82) is 0 Å². The molecule has 0 spiro atoms. The Hall–Kier alpha value is -3.59. The summed E-state index contributed by atoms with van der Waals surface area (Å²) in [5.74, 6) is 0.742. The molecule has 0 aliphatic rings. The predicted molar refractivity (Wildman–Crippen MR) is 118 cm³/mol. The van der Waals surface area contributed by atoms with Crippen LogP contribution in [0.15, 0.2) is 94.2 Å². The summed E-state index contributed by atoms with van der Waals surface area (Å²) in [6, 6.07) is 25.4. The van der Waals surface area contributed by atoms with E-state index < -0.39 is 0 Å². The molecular formula is C26H22O3. The Balaban J connectivity index is 1.67. The molecule has 4 rings (SSSR count). The molecule has 0 atom stereocenters. The molecule has 0 aliphatic heterocycles. The number of hydrogen-bond acceptors (Lipinski definition) is 3. The number of aryl methyl sites for hydroxylation is 1. The maximum absolute atomic E-state index is 12.1. The van der Waals surface area contributed by atoms with E-state index in [0.717, 1.165) is 39.8 Å². The Bertz CT molecular complexity index is 1190. The summed E-state index contributed by atoms with van der Waals surface area (Å²) in [6.45, 7) is 2.53. The summed E-state index contributed by atoms with van der Waals surface area (Å²) < 4.78 is 11.5. The highest BCUT2D eigenvalue weighted by atomic mass is 16.5. The molecular weight excluding hydrogens is 360 g/mol. The van der Waals surface area contributed by atoms with Gasteiger partial charge in [0.05, 0.1) is 0 Å². The van der Waals surface area contributed by atoms with E-state index in [0.29, 0.717) is 12.2 Å². The van der Waals surface area contributed by atoms with Gasteiger partial charge in [-0.15, -0.1) is 0 Å². The van der Waals surface area contributed by atoms with Crippen molar-refractivity contribution >= 4 is 17.0 Å². The third-order valence-corrected chi connectivity index (χ3v) is 4.84. The highest BCUT2D eigenvalue weighted by Gasteiger charge is 2.12. The molecule has 0 N–H and O–H groups in total. The van der Waals surface area contributed by atoms with Crippen LogP contribution in [0.1, 0.15) is 18.1 Å². The van der Waals surface area contributed by atoms with Gasteiger partial charge in [0.1, 0.15) is 17.9 Å². The zero-order valence-electron chi connectivity index (χ0n) is 16.3. The molecule has 3 heteroatoms. The van der Waals surface area contributed by atoms with E-state index in [4.69, 9.17) is 9.15 Å². The van der Waals surface area contributed by atoms with Crippen LogP contribution < -0.4 is 10.4 Å². The van der Waals surface area contributed by atoms with Crippen LogP contribution >= 0.6 is 0 Å². The molecule has 29 heavy (non-hydrogen) atoms. The number of benzene rings is 3. The van der Waals surface area contributed by atoms with Crippen LogP contribution in [0.4, 0.5) is 0 Å². The van der Waals surface area contributed by atoms with Gasteiger partial charge in [-0.05, 0) is 40.8 Å². The molecule has 0 radical (unpaired) electrons. The molecule has 3 nitrogen and oxygen atoms in total. The van der Waals surface area contributed by atoms with Crippen molar-refractivity contribution in [2.45, 2.75) is 13.3 Å². The fourth-order valence-electron chi connectivity index (χ4n) is 3.39. The first kappa shape index (κ1) is 18.8. The minimum Gasteiger partial charge on any atom is -0.489 e. The molecule has 3 aromatic carbocycles. The fraction of sp³-hybridized carbons (Fsp3) is 0.115. The molecule has 0 unspecified atom stereocenters. The smallest absolute Gasteiger partial charge is 0.336 e. The summed E-state index contributed by atoms with van der Waals surface area (Å²) in [5, 5.41) is 0.917. The summed E-state index contributed by atoms with van der Waals surface area (Å²) in [7, 11) is 0. The van der Waals surface area contributed by atoms with Crippen molar-refractivity contribution in [2.75, 3.05) is 6.61 Å². The normalized spacial score (nSPS) is 11.2. The molecule has 0 amide bonds. The van der Waals surface area contributed by atoms with Gasteiger partial charge in [-0.3, -0.25) is 0 Å². The lowest BCUT2D eigenvalue weighted by Gasteiger charge is -2.12. The number of hydrogen-bond donors (Lipinski definition) is 0. The van der Waals surface area contributed by atoms with E-state index >= 15 is 0 Å². The summed E-state index contributed by atoms with van der Waals surface area (Å²) in [6.07, 6.45) is 4.83. The Kier molecular flexibility index (Phi) is 5.57. The Labute approximate surface area is 169 Å². The third kappa shape index (κ3) is 4.30. The van der Waals surface area contributed by atoms with Crippen molar-refractivity contribution in [3.05, 3.63) is 106 Å². The van der Waals surface area contributed by atoms with Gasteiger partial charge in [-0.2, -0.15) is 0 Å². The van der Waals surface area contributed by atoms with Gasteiger partial charge < -0.3 is 9.15 Å². The standard InChI is InChI=1S/C26H22O3/c1-2-20-16-23-22(21-13-7-4-8-14-21)17-26(27)29-25(23)18-24(20)28-15-9-12-19-10-5-3-6-11-19/h3-14,16-18H,2,15H2,1H3. The van der Waals surface area contributed by atoms with Crippen molar-refractivity contribution in [3.8, 4) is 16.9 Å². The minimum atomic E-state index is -0.365. The lowest BCUT2D eigenvalue weighted by molar-refractivity contribution is 0.359. The van der Waals surface area contributed by atoms with Gasteiger partial charge in [0.25, 0.3) is 0 Å². The molecule has 4 aromatic rings. The third-order valence-electron chi connectivity index (χ3n) is 4.84. The average Bonchev–Trinajstić information content (AvgIpc) is 2.77. The van der Waals surface area contributed by atoms with Gasteiger partial charge in [-0.25, -0.2) is 4.79 Å². The van der Waals surface area contributed by atoms with Crippen molar-refractivity contribution < 1.29 is 9.15 Å². The van der Waals surface area contributed by atoms with E-state index in [2.05, 4.69) is 13.0 Å². The molecule has 0 saturated carbocycles. The van der Waals surface area contributed by atoms with Crippen LogP contribution in [0.25, 0.3) is 28.2 Å². The van der Waals surface area contributed by atoms with Crippen LogP contribution in [-0.4, -0.2) is 6.61 Å². The van der Waals surface area contributed by atoms with E-state index in [1.54, 1.807) is 6.07 Å². The second kappa shape index (κ2) is 8.61. The van der Waals surface area contributed by atoms with Gasteiger partial charge in [0, 0.05) is 17.5 Å². The lowest BCUT2D eigenvalue weighted by atomic mass is 9.99. The molecule has 1 aromatic heterocycles. The number of rotatable bonds is 6. The van der Waals surface area contributed by atoms with Crippen LogP contribution in [0.5, 0.6) is 5.75 Å². The zero-order chi connectivity index (χ0) is 20.1. The average molecular weight is 382 g/mol.